The first kappa shape index (κ1) is 14.2. The monoisotopic (exact) mass is 252 g/mol. The van der Waals surface area contributed by atoms with Crippen LogP contribution in [0.15, 0.2) is 24.3 Å². The number of rotatable bonds is 8. The number of anilines is 2. The average Bonchev–Trinajstić information content (AvgIpc) is 2.33. The SMILES string of the molecule is CCCN(CCCSCC)c1cccc(N)c1. The molecular weight excluding hydrogens is 228 g/mol. The van der Waals surface area contributed by atoms with Crippen LogP contribution in [-0.4, -0.2) is 24.6 Å². The first-order chi connectivity index (χ1) is 8.27. The lowest BCUT2D eigenvalue weighted by molar-refractivity contribution is 0.748. The van der Waals surface area contributed by atoms with Gasteiger partial charge in [0, 0.05) is 24.5 Å². The van der Waals surface area contributed by atoms with Crippen molar-refractivity contribution in [1.82, 2.24) is 0 Å². The lowest BCUT2D eigenvalue weighted by Crippen LogP contribution is -2.25. The van der Waals surface area contributed by atoms with Crippen LogP contribution >= 0.6 is 11.8 Å². The van der Waals surface area contributed by atoms with Crippen molar-refractivity contribution in [2.45, 2.75) is 26.7 Å². The van der Waals surface area contributed by atoms with Crippen LogP contribution < -0.4 is 10.6 Å². The average molecular weight is 252 g/mol. The Kier molecular flexibility index (Phi) is 6.94. The lowest BCUT2D eigenvalue weighted by atomic mass is 10.2. The first-order valence-electron chi connectivity index (χ1n) is 6.46. The summed E-state index contributed by atoms with van der Waals surface area (Å²) in [4.78, 5) is 2.44. The van der Waals surface area contributed by atoms with E-state index < -0.39 is 0 Å². The molecule has 0 bridgehead atoms. The van der Waals surface area contributed by atoms with Gasteiger partial charge in [-0.3, -0.25) is 0 Å². The maximum Gasteiger partial charge on any atom is 0.0386 e. The Hall–Kier alpha value is -0.830. The highest BCUT2D eigenvalue weighted by Gasteiger charge is 2.05. The quantitative estimate of drug-likeness (QED) is 0.566. The Bertz CT molecular complexity index is 315. The first-order valence-corrected chi connectivity index (χ1v) is 7.61. The van der Waals surface area contributed by atoms with E-state index in [4.69, 9.17) is 5.73 Å². The molecular formula is C14H24N2S. The smallest absolute Gasteiger partial charge is 0.0386 e. The van der Waals surface area contributed by atoms with Crippen molar-refractivity contribution in [1.29, 1.82) is 0 Å². The second-order valence-electron chi connectivity index (χ2n) is 4.13. The number of nitrogen functional groups attached to an aromatic ring is 1. The van der Waals surface area contributed by atoms with Gasteiger partial charge in [0.1, 0.15) is 0 Å². The topological polar surface area (TPSA) is 29.3 Å². The summed E-state index contributed by atoms with van der Waals surface area (Å²) in [6, 6.07) is 8.20. The Morgan fingerprint density at radius 1 is 1.24 bits per heavy atom. The molecule has 0 aliphatic carbocycles. The maximum atomic E-state index is 5.84. The van der Waals surface area contributed by atoms with Gasteiger partial charge in [-0.25, -0.2) is 0 Å². The van der Waals surface area contributed by atoms with E-state index in [1.807, 2.05) is 23.9 Å². The number of nitrogens with zero attached hydrogens (tertiary/aromatic N) is 1. The molecule has 1 aromatic rings. The summed E-state index contributed by atoms with van der Waals surface area (Å²) in [5.74, 6) is 2.46. The van der Waals surface area contributed by atoms with Crippen LogP contribution in [0, 0.1) is 0 Å². The third-order valence-corrected chi connectivity index (χ3v) is 3.64. The van der Waals surface area contributed by atoms with E-state index in [1.165, 1.54) is 30.0 Å². The van der Waals surface area contributed by atoms with Crippen molar-refractivity contribution in [3.8, 4) is 0 Å². The highest BCUT2D eigenvalue weighted by Crippen LogP contribution is 2.18. The Labute approximate surface area is 110 Å². The number of benzene rings is 1. The molecule has 0 saturated heterocycles. The molecule has 0 atom stereocenters. The molecule has 0 aromatic heterocycles. The fourth-order valence-electron chi connectivity index (χ4n) is 1.86. The number of hydrogen-bond acceptors (Lipinski definition) is 3. The standard InChI is InChI=1S/C14H24N2S/c1-3-9-16(10-6-11-17-4-2)14-8-5-7-13(15)12-14/h5,7-8,12H,3-4,6,9-11,15H2,1-2H3. The van der Waals surface area contributed by atoms with E-state index in [-0.39, 0.29) is 0 Å². The molecule has 0 unspecified atom stereocenters. The molecule has 96 valence electrons. The molecule has 2 N–H and O–H groups in total. The Balaban J connectivity index is 2.52. The van der Waals surface area contributed by atoms with E-state index in [9.17, 15) is 0 Å². The summed E-state index contributed by atoms with van der Waals surface area (Å²) in [7, 11) is 0. The van der Waals surface area contributed by atoms with Crippen molar-refractivity contribution < 1.29 is 0 Å². The maximum absolute atomic E-state index is 5.84. The number of thioether (sulfide) groups is 1. The van der Waals surface area contributed by atoms with Crippen molar-refractivity contribution in [2.75, 3.05) is 35.2 Å². The van der Waals surface area contributed by atoms with Crippen molar-refractivity contribution >= 4 is 23.1 Å². The normalized spacial score (nSPS) is 10.5. The molecule has 0 spiro atoms. The molecule has 1 aromatic carbocycles. The summed E-state index contributed by atoms with van der Waals surface area (Å²) in [6.07, 6.45) is 2.42. The predicted octanol–water partition coefficient (Wildman–Crippen LogP) is 3.63. The minimum Gasteiger partial charge on any atom is -0.399 e. The second-order valence-corrected chi connectivity index (χ2v) is 5.53. The van der Waals surface area contributed by atoms with E-state index in [2.05, 4.69) is 30.9 Å². The molecule has 0 aliphatic heterocycles. The molecule has 0 aliphatic rings. The molecule has 0 fully saturated rings. The number of nitrogens with two attached hydrogens (primary N) is 1. The van der Waals surface area contributed by atoms with Crippen LogP contribution in [0.3, 0.4) is 0 Å². The van der Waals surface area contributed by atoms with Gasteiger partial charge >= 0.3 is 0 Å². The van der Waals surface area contributed by atoms with Crippen LogP contribution in [0.2, 0.25) is 0 Å². The van der Waals surface area contributed by atoms with Crippen LogP contribution in [-0.2, 0) is 0 Å². The zero-order valence-corrected chi connectivity index (χ0v) is 11.8. The van der Waals surface area contributed by atoms with Gasteiger partial charge in [0.15, 0.2) is 0 Å². The van der Waals surface area contributed by atoms with E-state index in [1.54, 1.807) is 0 Å². The van der Waals surface area contributed by atoms with E-state index in [0.29, 0.717) is 0 Å². The summed E-state index contributed by atoms with van der Waals surface area (Å²) in [6.45, 7) is 6.68. The van der Waals surface area contributed by atoms with Crippen molar-refractivity contribution in [2.24, 2.45) is 0 Å². The van der Waals surface area contributed by atoms with Gasteiger partial charge in [-0.05, 0) is 42.5 Å². The van der Waals surface area contributed by atoms with Crippen molar-refractivity contribution in [3.05, 3.63) is 24.3 Å². The minimum atomic E-state index is 0.853. The highest BCUT2D eigenvalue weighted by molar-refractivity contribution is 7.99. The molecule has 2 nitrogen and oxygen atoms in total. The summed E-state index contributed by atoms with van der Waals surface area (Å²) in [5, 5.41) is 0. The highest BCUT2D eigenvalue weighted by atomic mass is 32.2. The van der Waals surface area contributed by atoms with Gasteiger partial charge in [0.05, 0.1) is 0 Å². The van der Waals surface area contributed by atoms with Crippen LogP contribution in [0.1, 0.15) is 26.7 Å². The fraction of sp³-hybridized carbons (Fsp3) is 0.571. The molecule has 0 heterocycles. The predicted molar refractivity (Wildman–Crippen MR) is 81.0 cm³/mol. The molecule has 17 heavy (non-hydrogen) atoms. The molecule has 0 amide bonds. The zero-order valence-electron chi connectivity index (χ0n) is 11.0. The summed E-state index contributed by atoms with van der Waals surface area (Å²) >= 11 is 2.02. The summed E-state index contributed by atoms with van der Waals surface area (Å²) < 4.78 is 0. The zero-order chi connectivity index (χ0) is 12.5. The van der Waals surface area contributed by atoms with Crippen LogP contribution in [0.5, 0.6) is 0 Å². The van der Waals surface area contributed by atoms with Gasteiger partial charge in [-0.15, -0.1) is 0 Å². The van der Waals surface area contributed by atoms with Gasteiger partial charge < -0.3 is 10.6 Å². The Morgan fingerprint density at radius 3 is 2.71 bits per heavy atom. The summed E-state index contributed by atoms with van der Waals surface area (Å²) in [5.41, 5.74) is 7.95. The molecule has 0 saturated carbocycles. The van der Waals surface area contributed by atoms with Crippen molar-refractivity contribution in [3.63, 3.8) is 0 Å². The third-order valence-electron chi connectivity index (χ3n) is 2.65. The van der Waals surface area contributed by atoms with Crippen LogP contribution in [0.4, 0.5) is 11.4 Å². The minimum absolute atomic E-state index is 0.853. The second kappa shape index (κ2) is 8.29. The third kappa shape index (κ3) is 5.35. The van der Waals surface area contributed by atoms with E-state index >= 15 is 0 Å². The van der Waals surface area contributed by atoms with Gasteiger partial charge in [0.25, 0.3) is 0 Å². The molecule has 0 radical (unpaired) electrons. The fourth-order valence-corrected chi connectivity index (χ4v) is 2.49. The lowest BCUT2D eigenvalue weighted by Gasteiger charge is -2.24. The van der Waals surface area contributed by atoms with Gasteiger partial charge in [-0.2, -0.15) is 11.8 Å². The van der Waals surface area contributed by atoms with Crippen LogP contribution in [0.25, 0.3) is 0 Å². The van der Waals surface area contributed by atoms with Gasteiger partial charge in [0.2, 0.25) is 0 Å². The van der Waals surface area contributed by atoms with Gasteiger partial charge in [-0.1, -0.05) is 19.9 Å². The van der Waals surface area contributed by atoms with E-state index in [0.717, 1.165) is 18.8 Å². The molecule has 3 heteroatoms. The number of hydrogen-bond donors (Lipinski definition) is 1. The Morgan fingerprint density at radius 2 is 2.06 bits per heavy atom. The largest absolute Gasteiger partial charge is 0.399 e. The molecule has 1 rings (SSSR count).